The molecule has 1 N–H and O–H groups in total. The van der Waals surface area contributed by atoms with E-state index in [-0.39, 0.29) is 23.0 Å². The third kappa shape index (κ3) is 3.34. The number of likely N-dealkylation sites (tertiary alicyclic amines) is 1. The lowest BCUT2D eigenvalue weighted by Crippen LogP contribution is -2.38. The van der Waals surface area contributed by atoms with Gasteiger partial charge in [-0.15, -0.1) is 0 Å². The summed E-state index contributed by atoms with van der Waals surface area (Å²) in [6.07, 6.45) is 4.02. The van der Waals surface area contributed by atoms with E-state index in [0.717, 1.165) is 38.0 Å². The molecule has 3 aliphatic rings. The number of nitrogens with zero attached hydrogens (tertiary/aromatic N) is 2. The van der Waals surface area contributed by atoms with Crippen LogP contribution in [0.15, 0.2) is 35.6 Å². The Hall–Kier alpha value is -2.34. The Morgan fingerprint density at radius 3 is 2.56 bits per heavy atom. The first-order valence-electron chi connectivity index (χ1n) is 9.75. The first kappa shape index (κ1) is 18.0. The normalized spacial score (nSPS) is 23.4. The molecule has 1 saturated heterocycles. The van der Waals surface area contributed by atoms with E-state index in [1.165, 1.54) is 12.8 Å². The molecule has 2 fully saturated rings. The van der Waals surface area contributed by atoms with Crippen LogP contribution in [-0.4, -0.2) is 59.9 Å². The highest BCUT2D eigenvalue weighted by Crippen LogP contribution is 2.45. The number of ether oxygens (including phenoxy) is 1. The molecular weight excluding hydrogens is 344 g/mol. The SMILES string of the molecule is COc1ccccc1C1C(C(=O)C2CC2)=C(O)C(=O)N1CCN1CCCC1. The number of amides is 1. The van der Waals surface area contributed by atoms with Crippen molar-refractivity contribution in [3.63, 3.8) is 0 Å². The van der Waals surface area contributed by atoms with Gasteiger partial charge in [0.05, 0.1) is 18.7 Å². The number of aliphatic hydroxyl groups excluding tert-OH is 1. The molecule has 2 aliphatic heterocycles. The van der Waals surface area contributed by atoms with Crippen LogP contribution in [0.1, 0.15) is 37.3 Å². The molecule has 0 spiro atoms. The first-order chi connectivity index (χ1) is 13.1. The highest BCUT2D eigenvalue weighted by Gasteiger charge is 2.47. The molecule has 144 valence electrons. The summed E-state index contributed by atoms with van der Waals surface area (Å²) in [7, 11) is 1.58. The van der Waals surface area contributed by atoms with E-state index in [0.29, 0.717) is 12.3 Å². The van der Waals surface area contributed by atoms with Crippen molar-refractivity contribution in [2.45, 2.75) is 31.7 Å². The molecular formula is C21H26N2O4. The van der Waals surface area contributed by atoms with Crippen molar-refractivity contribution in [3.05, 3.63) is 41.2 Å². The smallest absolute Gasteiger partial charge is 0.290 e. The minimum Gasteiger partial charge on any atom is -0.503 e. The van der Waals surface area contributed by atoms with Crippen LogP contribution in [0.5, 0.6) is 5.75 Å². The molecule has 0 radical (unpaired) electrons. The number of hydrogen-bond acceptors (Lipinski definition) is 5. The Morgan fingerprint density at radius 2 is 1.89 bits per heavy atom. The van der Waals surface area contributed by atoms with E-state index in [2.05, 4.69) is 4.90 Å². The molecule has 4 rings (SSSR count). The second-order valence-electron chi connectivity index (χ2n) is 7.59. The summed E-state index contributed by atoms with van der Waals surface area (Å²) in [4.78, 5) is 29.7. The van der Waals surface area contributed by atoms with E-state index in [4.69, 9.17) is 4.74 Å². The lowest BCUT2D eigenvalue weighted by molar-refractivity contribution is -0.129. The van der Waals surface area contributed by atoms with Gasteiger partial charge in [0.2, 0.25) is 0 Å². The number of carbonyl (C=O) groups excluding carboxylic acids is 2. The van der Waals surface area contributed by atoms with Crippen LogP contribution in [0.25, 0.3) is 0 Å². The van der Waals surface area contributed by atoms with Gasteiger partial charge < -0.3 is 19.6 Å². The average Bonchev–Trinajstić information content (AvgIpc) is 3.36. The number of ketones is 1. The number of carbonyl (C=O) groups is 2. The molecule has 6 nitrogen and oxygen atoms in total. The van der Waals surface area contributed by atoms with Gasteiger partial charge in [-0.05, 0) is 44.8 Å². The number of para-hydroxylation sites is 1. The predicted octanol–water partition coefficient (Wildman–Crippen LogP) is 2.47. The number of aliphatic hydroxyl groups is 1. The molecule has 27 heavy (non-hydrogen) atoms. The monoisotopic (exact) mass is 370 g/mol. The number of hydrogen-bond donors (Lipinski definition) is 1. The Kier molecular flexibility index (Phi) is 4.91. The lowest BCUT2D eigenvalue weighted by atomic mass is 9.93. The van der Waals surface area contributed by atoms with E-state index in [9.17, 15) is 14.7 Å². The van der Waals surface area contributed by atoms with Gasteiger partial charge in [-0.25, -0.2) is 0 Å². The molecule has 0 bridgehead atoms. The molecule has 1 amide bonds. The minimum absolute atomic E-state index is 0.0642. The number of benzene rings is 1. The maximum absolute atomic E-state index is 12.9. The molecule has 1 unspecified atom stereocenters. The van der Waals surface area contributed by atoms with Crippen molar-refractivity contribution in [1.82, 2.24) is 9.80 Å². The number of Topliss-reactive ketones (excluding diaryl/α,β-unsaturated/α-hetero) is 1. The molecule has 0 aromatic heterocycles. The molecule has 1 aromatic rings. The van der Waals surface area contributed by atoms with Crippen molar-refractivity contribution in [3.8, 4) is 5.75 Å². The lowest BCUT2D eigenvalue weighted by Gasteiger charge is -2.29. The summed E-state index contributed by atoms with van der Waals surface area (Å²) >= 11 is 0. The Morgan fingerprint density at radius 1 is 1.19 bits per heavy atom. The van der Waals surface area contributed by atoms with Crippen molar-refractivity contribution in [1.29, 1.82) is 0 Å². The van der Waals surface area contributed by atoms with E-state index >= 15 is 0 Å². The molecule has 1 atom stereocenters. The first-order valence-corrected chi connectivity index (χ1v) is 9.75. The zero-order valence-corrected chi connectivity index (χ0v) is 15.7. The number of rotatable bonds is 7. The second kappa shape index (κ2) is 7.35. The summed E-state index contributed by atoms with van der Waals surface area (Å²) in [6.45, 7) is 3.30. The Balaban J connectivity index is 1.68. The van der Waals surface area contributed by atoms with Gasteiger partial charge >= 0.3 is 0 Å². The van der Waals surface area contributed by atoms with Gasteiger partial charge in [0.1, 0.15) is 5.75 Å². The highest BCUT2D eigenvalue weighted by molar-refractivity contribution is 6.10. The van der Waals surface area contributed by atoms with Crippen molar-refractivity contribution in [2.24, 2.45) is 5.92 Å². The summed E-state index contributed by atoms with van der Waals surface area (Å²) in [5.74, 6) is -0.373. The van der Waals surface area contributed by atoms with Crippen molar-refractivity contribution < 1.29 is 19.4 Å². The molecule has 1 aromatic carbocycles. The molecule has 1 aliphatic carbocycles. The Labute approximate surface area is 159 Å². The van der Waals surface area contributed by atoms with Gasteiger partial charge in [-0.1, -0.05) is 18.2 Å². The quantitative estimate of drug-likeness (QED) is 0.798. The van der Waals surface area contributed by atoms with Crippen LogP contribution < -0.4 is 4.74 Å². The summed E-state index contributed by atoms with van der Waals surface area (Å²) in [6, 6.07) is 6.85. The average molecular weight is 370 g/mol. The van der Waals surface area contributed by atoms with E-state index in [1.54, 1.807) is 12.0 Å². The Bertz CT molecular complexity index is 778. The molecule has 1 saturated carbocycles. The molecule has 2 heterocycles. The van der Waals surface area contributed by atoms with E-state index in [1.807, 2.05) is 24.3 Å². The van der Waals surface area contributed by atoms with E-state index < -0.39 is 11.9 Å². The second-order valence-corrected chi connectivity index (χ2v) is 7.59. The van der Waals surface area contributed by atoms with Gasteiger partial charge in [-0.2, -0.15) is 0 Å². The fraction of sp³-hybridized carbons (Fsp3) is 0.524. The maximum atomic E-state index is 12.9. The van der Waals surface area contributed by atoms with Crippen LogP contribution in [0.4, 0.5) is 0 Å². The minimum atomic E-state index is -0.579. The van der Waals surface area contributed by atoms with Crippen LogP contribution in [-0.2, 0) is 9.59 Å². The zero-order valence-electron chi connectivity index (χ0n) is 15.7. The summed E-state index contributed by atoms with van der Waals surface area (Å²) < 4.78 is 5.49. The largest absolute Gasteiger partial charge is 0.503 e. The fourth-order valence-corrected chi connectivity index (χ4v) is 4.17. The van der Waals surface area contributed by atoms with Crippen LogP contribution in [0.2, 0.25) is 0 Å². The van der Waals surface area contributed by atoms with Gasteiger partial charge in [0.25, 0.3) is 5.91 Å². The van der Waals surface area contributed by atoms with Crippen molar-refractivity contribution in [2.75, 3.05) is 33.3 Å². The third-order valence-electron chi connectivity index (χ3n) is 5.81. The van der Waals surface area contributed by atoms with Crippen LogP contribution in [0, 0.1) is 5.92 Å². The van der Waals surface area contributed by atoms with Crippen molar-refractivity contribution >= 4 is 11.7 Å². The topological polar surface area (TPSA) is 70.1 Å². The summed E-state index contributed by atoms with van der Waals surface area (Å²) in [5.41, 5.74) is 0.997. The predicted molar refractivity (Wildman–Crippen MR) is 101 cm³/mol. The number of methoxy groups -OCH3 is 1. The standard InChI is InChI=1S/C21H26N2O4/c1-27-16-7-3-2-6-15(16)18-17(19(24)14-8-9-14)20(25)21(26)23(18)13-12-22-10-4-5-11-22/h2-3,6-7,14,18,25H,4-5,8-13H2,1H3. The maximum Gasteiger partial charge on any atom is 0.290 e. The fourth-order valence-electron chi connectivity index (χ4n) is 4.17. The highest BCUT2D eigenvalue weighted by atomic mass is 16.5. The van der Waals surface area contributed by atoms with Gasteiger partial charge in [-0.3, -0.25) is 9.59 Å². The summed E-state index contributed by atoms with van der Waals surface area (Å²) in [5, 5.41) is 10.6. The van der Waals surface area contributed by atoms with Gasteiger partial charge in [0, 0.05) is 24.6 Å². The zero-order chi connectivity index (χ0) is 19.0. The third-order valence-corrected chi connectivity index (χ3v) is 5.81. The van der Waals surface area contributed by atoms with Gasteiger partial charge in [0.15, 0.2) is 11.5 Å². The van der Waals surface area contributed by atoms with Crippen LogP contribution >= 0.6 is 0 Å². The van der Waals surface area contributed by atoms with Crippen LogP contribution in [0.3, 0.4) is 0 Å². The molecule has 6 heteroatoms.